The van der Waals surface area contributed by atoms with Crippen LogP contribution >= 0.6 is 0 Å². The minimum Gasteiger partial charge on any atom is -0.355 e. The van der Waals surface area contributed by atoms with E-state index in [1.54, 1.807) is 0 Å². The van der Waals surface area contributed by atoms with Gasteiger partial charge in [0.2, 0.25) is 11.8 Å². The molecule has 2 amide bonds. The largest absolute Gasteiger partial charge is 0.355 e. The number of hydrogen-bond donors (Lipinski definition) is 3. The molecule has 23 heavy (non-hydrogen) atoms. The van der Waals surface area contributed by atoms with Gasteiger partial charge in [-0.25, -0.2) is 5.43 Å². The molecule has 0 bridgehead atoms. The molecule has 6 nitrogen and oxygen atoms in total. The predicted octanol–water partition coefficient (Wildman–Crippen LogP) is 0.564. The Hall–Kier alpha value is -1.40. The van der Waals surface area contributed by atoms with Crippen LogP contribution in [0.2, 0.25) is 0 Å². The summed E-state index contributed by atoms with van der Waals surface area (Å²) in [4.78, 5) is 26.7. The number of hydrogen-bond acceptors (Lipinski definition) is 4. The molecule has 2 fully saturated rings. The van der Waals surface area contributed by atoms with Gasteiger partial charge in [-0.2, -0.15) is 0 Å². The number of fused-ring (bicyclic) bond motifs is 1. The molecule has 2 heterocycles. The number of allylic oxidation sites excluding steroid dienone is 1. The molecule has 3 rings (SSSR count). The molecule has 0 saturated carbocycles. The minimum absolute atomic E-state index is 0.0123. The summed E-state index contributed by atoms with van der Waals surface area (Å²) in [6.45, 7) is 5.09. The van der Waals surface area contributed by atoms with E-state index in [1.165, 1.54) is 31.3 Å². The lowest BCUT2D eigenvalue weighted by molar-refractivity contribution is -0.129. The maximum atomic E-state index is 12.6. The summed E-state index contributed by atoms with van der Waals surface area (Å²) in [6, 6.07) is -0.0841. The maximum absolute atomic E-state index is 12.6. The molecule has 0 aromatic rings. The molecule has 3 atom stereocenters. The van der Waals surface area contributed by atoms with Crippen molar-refractivity contribution in [2.24, 2.45) is 11.8 Å². The zero-order valence-corrected chi connectivity index (χ0v) is 13.9. The Kier molecular flexibility index (Phi) is 5.33. The van der Waals surface area contributed by atoms with Crippen molar-refractivity contribution >= 4 is 11.8 Å². The van der Waals surface area contributed by atoms with Crippen LogP contribution in [0, 0.1) is 11.8 Å². The number of carbonyl (C=O) groups is 2. The van der Waals surface area contributed by atoms with Crippen molar-refractivity contribution in [2.75, 3.05) is 26.2 Å². The van der Waals surface area contributed by atoms with Gasteiger partial charge < -0.3 is 10.2 Å². The zero-order valence-electron chi connectivity index (χ0n) is 13.9. The lowest BCUT2D eigenvalue weighted by atomic mass is 9.84. The molecule has 2 saturated heterocycles. The van der Waals surface area contributed by atoms with Crippen molar-refractivity contribution in [3.8, 4) is 0 Å². The predicted molar refractivity (Wildman–Crippen MR) is 88.3 cm³/mol. The highest BCUT2D eigenvalue weighted by atomic mass is 16.2. The van der Waals surface area contributed by atoms with E-state index >= 15 is 0 Å². The number of nitrogens with one attached hydrogen (secondary N) is 3. The number of amides is 2. The average molecular weight is 320 g/mol. The van der Waals surface area contributed by atoms with Gasteiger partial charge in [0.1, 0.15) is 0 Å². The summed E-state index contributed by atoms with van der Waals surface area (Å²) in [7, 11) is 0. The van der Waals surface area contributed by atoms with E-state index in [9.17, 15) is 9.59 Å². The van der Waals surface area contributed by atoms with Crippen LogP contribution in [0.3, 0.4) is 0 Å². The Morgan fingerprint density at radius 3 is 3.00 bits per heavy atom. The van der Waals surface area contributed by atoms with E-state index < -0.39 is 0 Å². The van der Waals surface area contributed by atoms with Gasteiger partial charge in [-0.15, -0.1) is 0 Å². The topological polar surface area (TPSA) is 73.5 Å². The monoisotopic (exact) mass is 320 g/mol. The van der Waals surface area contributed by atoms with E-state index in [0.29, 0.717) is 13.1 Å². The van der Waals surface area contributed by atoms with Gasteiger partial charge in [-0.3, -0.25) is 15.0 Å². The van der Waals surface area contributed by atoms with Crippen LogP contribution in [-0.4, -0.2) is 48.9 Å². The Labute approximate surface area is 138 Å². The van der Waals surface area contributed by atoms with E-state index in [-0.39, 0.29) is 29.7 Å². The summed E-state index contributed by atoms with van der Waals surface area (Å²) in [5.74, 6) is -0.217. The first-order chi connectivity index (χ1) is 11.2. The average Bonchev–Trinajstić information content (AvgIpc) is 2.96. The van der Waals surface area contributed by atoms with Gasteiger partial charge >= 0.3 is 0 Å². The van der Waals surface area contributed by atoms with E-state index in [2.05, 4.69) is 34.1 Å². The summed E-state index contributed by atoms with van der Waals surface area (Å²) in [6.07, 6.45) is 8.20. The standard InChI is InChI=1S/C17H28N4O2/c1-2-21-10-13(15-14(11-21)17(23)20-19-15)16(22)18-9-8-12-6-4-3-5-7-12/h6,13-15,19H,2-5,7-11H2,1H3,(H,18,22)(H,20,23). The van der Waals surface area contributed by atoms with Gasteiger partial charge in [0.05, 0.1) is 17.9 Å². The fourth-order valence-corrected chi connectivity index (χ4v) is 3.95. The lowest BCUT2D eigenvalue weighted by Gasteiger charge is -2.37. The van der Waals surface area contributed by atoms with Gasteiger partial charge in [0.25, 0.3) is 0 Å². The molecule has 3 N–H and O–H groups in total. The highest BCUT2D eigenvalue weighted by molar-refractivity contribution is 5.85. The van der Waals surface area contributed by atoms with Crippen molar-refractivity contribution in [1.82, 2.24) is 21.1 Å². The number of hydrazine groups is 1. The number of rotatable bonds is 5. The highest BCUT2D eigenvalue weighted by Gasteiger charge is 2.46. The second-order valence-corrected chi connectivity index (χ2v) is 6.87. The summed E-state index contributed by atoms with van der Waals surface area (Å²) >= 11 is 0. The summed E-state index contributed by atoms with van der Waals surface area (Å²) < 4.78 is 0. The zero-order chi connectivity index (χ0) is 16.2. The number of piperidine rings is 1. The molecular formula is C17H28N4O2. The van der Waals surface area contributed by atoms with Gasteiger partial charge in [-0.1, -0.05) is 18.6 Å². The highest BCUT2D eigenvalue weighted by Crippen LogP contribution is 2.26. The third kappa shape index (κ3) is 3.75. The van der Waals surface area contributed by atoms with E-state index in [0.717, 1.165) is 19.5 Å². The smallest absolute Gasteiger partial charge is 0.240 e. The fourth-order valence-electron chi connectivity index (χ4n) is 3.95. The second-order valence-electron chi connectivity index (χ2n) is 6.87. The van der Waals surface area contributed by atoms with Crippen molar-refractivity contribution < 1.29 is 9.59 Å². The van der Waals surface area contributed by atoms with Crippen LogP contribution < -0.4 is 16.2 Å². The maximum Gasteiger partial charge on any atom is 0.240 e. The first-order valence-electron chi connectivity index (χ1n) is 8.92. The minimum atomic E-state index is -0.173. The fraction of sp³-hybridized carbons (Fsp3) is 0.765. The molecule has 6 heteroatoms. The normalized spacial score (nSPS) is 31.3. The van der Waals surface area contributed by atoms with Crippen molar-refractivity contribution in [3.63, 3.8) is 0 Å². The number of carbonyl (C=O) groups excluding carboxylic acids is 2. The first kappa shape index (κ1) is 16.5. The van der Waals surface area contributed by atoms with Crippen molar-refractivity contribution in [3.05, 3.63) is 11.6 Å². The second kappa shape index (κ2) is 7.45. The van der Waals surface area contributed by atoms with Crippen LogP contribution in [0.4, 0.5) is 0 Å². The quantitative estimate of drug-likeness (QED) is 0.647. The molecule has 0 radical (unpaired) electrons. The Morgan fingerprint density at radius 2 is 2.26 bits per heavy atom. The van der Waals surface area contributed by atoms with Gasteiger partial charge in [0, 0.05) is 19.6 Å². The molecule has 128 valence electrons. The molecule has 1 aliphatic carbocycles. The Morgan fingerprint density at radius 1 is 1.39 bits per heavy atom. The molecule has 0 aromatic heterocycles. The van der Waals surface area contributed by atoms with Crippen LogP contribution in [0.25, 0.3) is 0 Å². The van der Waals surface area contributed by atoms with Crippen LogP contribution in [0.5, 0.6) is 0 Å². The van der Waals surface area contributed by atoms with E-state index in [1.807, 2.05) is 0 Å². The SMILES string of the molecule is CCN1CC(C(=O)NCCC2=CCCCC2)C2NNC(=O)C2C1. The molecule has 0 spiro atoms. The molecule has 3 unspecified atom stereocenters. The molecule has 0 aromatic carbocycles. The molecule has 2 aliphatic heterocycles. The molecular weight excluding hydrogens is 292 g/mol. The van der Waals surface area contributed by atoms with Crippen LogP contribution in [0.15, 0.2) is 11.6 Å². The van der Waals surface area contributed by atoms with Crippen molar-refractivity contribution in [2.45, 2.75) is 45.1 Å². The van der Waals surface area contributed by atoms with Gasteiger partial charge in [-0.05, 0) is 38.6 Å². The molecule has 3 aliphatic rings. The third-order valence-corrected chi connectivity index (χ3v) is 5.39. The summed E-state index contributed by atoms with van der Waals surface area (Å²) in [5, 5.41) is 3.09. The van der Waals surface area contributed by atoms with Crippen LogP contribution in [-0.2, 0) is 9.59 Å². The third-order valence-electron chi connectivity index (χ3n) is 5.39. The van der Waals surface area contributed by atoms with Gasteiger partial charge in [0.15, 0.2) is 0 Å². The van der Waals surface area contributed by atoms with Crippen molar-refractivity contribution in [1.29, 1.82) is 0 Å². The lowest BCUT2D eigenvalue weighted by Crippen LogP contribution is -2.56. The number of nitrogens with zero attached hydrogens (tertiary/aromatic N) is 1. The summed E-state index contributed by atoms with van der Waals surface area (Å²) in [5.41, 5.74) is 7.20. The Balaban J connectivity index is 1.54. The first-order valence-corrected chi connectivity index (χ1v) is 8.92. The Bertz CT molecular complexity index is 491. The number of likely N-dealkylation sites (tertiary alicyclic amines) is 1. The van der Waals surface area contributed by atoms with E-state index in [4.69, 9.17) is 0 Å². The van der Waals surface area contributed by atoms with Crippen LogP contribution in [0.1, 0.15) is 39.0 Å².